The largest absolute Gasteiger partial charge is 0.398 e. The van der Waals surface area contributed by atoms with Gasteiger partial charge in [-0.2, -0.15) is 5.26 Å². The SMILES string of the molecule is N#CCc1cc(Sc2ncnc3ccccc23)ccc1N. The van der Waals surface area contributed by atoms with Gasteiger partial charge in [-0.1, -0.05) is 30.0 Å². The Kier molecular flexibility index (Phi) is 3.71. The van der Waals surface area contributed by atoms with Gasteiger partial charge in [-0.3, -0.25) is 0 Å². The number of hydrogen-bond donors (Lipinski definition) is 1. The monoisotopic (exact) mass is 292 g/mol. The number of rotatable bonds is 3. The molecule has 1 heterocycles. The van der Waals surface area contributed by atoms with Crippen molar-refractivity contribution in [3.63, 3.8) is 0 Å². The molecule has 0 amide bonds. The first-order valence-electron chi connectivity index (χ1n) is 6.41. The highest BCUT2D eigenvalue weighted by molar-refractivity contribution is 7.99. The van der Waals surface area contributed by atoms with Crippen molar-refractivity contribution in [3.8, 4) is 6.07 Å². The smallest absolute Gasteiger partial charge is 0.117 e. The van der Waals surface area contributed by atoms with Crippen molar-refractivity contribution in [1.29, 1.82) is 5.26 Å². The zero-order valence-corrected chi connectivity index (χ0v) is 12.0. The van der Waals surface area contributed by atoms with Gasteiger partial charge < -0.3 is 5.73 Å². The lowest BCUT2D eigenvalue weighted by molar-refractivity contribution is 1.10. The third-order valence-electron chi connectivity index (χ3n) is 3.10. The number of aromatic nitrogens is 2. The minimum absolute atomic E-state index is 0.310. The van der Waals surface area contributed by atoms with Crippen molar-refractivity contribution in [2.75, 3.05) is 5.73 Å². The number of hydrogen-bond acceptors (Lipinski definition) is 5. The van der Waals surface area contributed by atoms with E-state index in [4.69, 9.17) is 11.0 Å². The summed E-state index contributed by atoms with van der Waals surface area (Å²) in [5.41, 5.74) is 8.29. The van der Waals surface area contributed by atoms with Gasteiger partial charge in [-0.15, -0.1) is 0 Å². The highest BCUT2D eigenvalue weighted by Gasteiger charge is 2.07. The highest BCUT2D eigenvalue weighted by Crippen LogP contribution is 2.32. The van der Waals surface area contributed by atoms with Crippen molar-refractivity contribution in [2.24, 2.45) is 0 Å². The Morgan fingerprint density at radius 1 is 1.14 bits per heavy atom. The molecule has 102 valence electrons. The Labute approximate surface area is 126 Å². The Bertz CT molecular complexity index is 834. The maximum absolute atomic E-state index is 8.83. The second-order valence-electron chi connectivity index (χ2n) is 4.49. The third-order valence-corrected chi connectivity index (χ3v) is 4.11. The van der Waals surface area contributed by atoms with E-state index in [2.05, 4.69) is 16.0 Å². The molecule has 0 aliphatic heterocycles. The van der Waals surface area contributed by atoms with E-state index in [1.54, 1.807) is 18.1 Å². The van der Waals surface area contributed by atoms with Crippen LogP contribution in [0.4, 0.5) is 5.69 Å². The van der Waals surface area contributed by atoms with Crippen LogP contribution in [0, 0.1) is 11.3 Å². The van der Waals surface area contributed by atoms with Crippen LogP contribution >= 0.6 is 11.8 Å². The molecule has 21 heavy (non-hydrogen) atoms. The maximum atomic E-state index is 8.83. The second-order valence-corrected chi connectivity index (χ2v) is 5.56. The van der Waals surface area contributed by atoms with Gasteiger partial charge in [-0.25, -0.2) is 9.97 Å². The van der Waals surface area contributed by atoms with E-state index >= 15 is 0 Å². The topological polar surface area (TPSA) is 75.6 Å². The van der Waals surface area contributed by atoms with Gasteiger partial charge in [0.15, 0.2) is 0 Å². The average Bonchev–Trinajstić information content (AvgIpc) is 2.51. The summed E-state index contributed by atoms with van der Waals surface area (Å²) >= 11 is 1.55. The molecule has 0 radical (unpaired) electrons. The molecule has 0 aliphatic rings. The predicted octanol–water partition coefficient (Wildman–Crippen LogP) is 3.43. The molecule has 3 aromatic rings. The minimum atomic E-state index is 0.310. The zero-order chi connectivity index (χ0) is 14.7. The van der Waals surface area contributed by atoms with Crippen LogP contribution in [0.15, 0.2) is 58.7 Å². The Hall–Kier alpha value is -2.58. The average molecular weight is 292 g/mol. The number of para-hydroxylation sites is 1. The molecule has 0 aliphatic carbocycles. The van der Waals surface area contributed by atoms with Crippen LogP contribution in [0.1, 0.15) is 5.56 Å². The standard InChI is InChI=1S/C16H12N4S/c17-8-7-11-9-12(5-6-14(11)18)21-16-13-3-1-2-4-15(13)19-10-20-16/h1-6,9-10H,7,18H2. The fourth-order valence-corrected chi connectivity index (χ4v) is 3.00. The molecular formula is C16H12N4S. The van der Waals surface area contributed by atoms with Crippen LogP contribution in [0.2, 0.25) is 0 Å². The molecule has 0 atom stereocenters. The summed E-state index contributed by atoms with van der Waals surface area (Å²) < 4.78 is 0. The van der Waals surface area contributed by atoms with Crippen molar-refractivity contribution in [1.82, 2.24) is 9.97 Å². The van der Waals surface area contributed by atoms with Gasteiger partial charge in [0.1, 0.15) is 11.4 Å². The van der Waals surface area contributed by atoms with Gasteiger partial charge in [-0.05, 0) is 29.8 Å². The van der Waals surface area contributed by atoms with Gasteiger partial charge in [0.25, 0.3) is 0 Å². The van der Waals surface area contributed by atoms with E-state index in [-0.39, 0.29) is 0 Å². The number of nitrogens with two attached hydrogens (primary N) is 1. The molecule has 0 bridgehead atoms. The summed E-state index contributed by atoms with van der Waals surface area (Å²) in [6.07, 6.45) is 1.88. The highest BCUT2D eigenvalue weighted by atomic mass is 32.2. The fourth-order valence-electron chi connectivity index (χ4n) is 2.06. The number of nitrogen functional groups attached to an aromatic ring is 1. The lowest BCUT2D eigenvalue weighted by Crippen LogP contribution is -1.93. The molecule has 2 aromatic carbocycles. The Morgan fingerprint density at radius 2 is 2.00 bits per heavy atom. The van der Waals surface area contributed by atoms with Crippen molar-refractivity contribution in [3.05, 3.63) is 54.4 Å². The van der Waals surface area contributed by atoms with Gasteiger partial charge in [0.2, 0.25) is 0 Å². The van der Waals surface area contributed by atoms with E-state index in [0.717, 1.165) is 26.4 Å². The molecule has 0 fully saturated rings. The van der Waals surface area contributed by atoms with Crippen LogP contribution in [-0.2, 0) is 6.42 Å². The molecule has 1 aromatic heterocycles. The number of fused-ring (bicyclic) bond motifs is 1. The van der Waals surface area contributed by atoms with Gasteiger partial charge in [0.05, 0.1) is 18.0 Å². The van der Waals surface area contributed by atoms with Crippen LogP contribution in [0.25, 0.3) is 10.9 Å². The summed E-state index contributed by atoms with van der Waals surface area (Å²) in [6.45, 7) is 0. The first-order chi connectivity index (χ1) is 10.3. The first kappa shape index (κ1) is 13.4. The Balaban J connectivity index is 1.99. The quantitative estimate of drug-likeness (QED) is 0.591. The molecule has 5 heteroatoms. The van der Waals surface area contributed by atoms with Crippen molar-refractivity contribution >= 4 is 28.4 Å². The van der Waals surface area contributed by atoms with Crippen LogP contribution < -0.4 is 5.73 Å². The Morgan fingerprint density at radius 3 is 2.86 bits per heavy atom. The van der Waals surface area contributed by atoms with E-state index in [1.807, 2.05) is 42.5 Å². The predicted molar refractivity (Wildman–Crippen MR) is 83.8 cm³/mol. The number of nitrogens with zero attached hydrogens (tertiary/aromatic N) is 3. The first-order valence-corrected chi connectivity index (χ1v) is 7.22. The van der Waals surface area contributed by atoms with E-state index in [1.165, 1.54) is 0 Å². The second kappa shape index (κ2) is 5.81. The summed E-state index contributed by atoms with van der Waals surface area (Å²) in [5.74, 6) is 0. The summed E-state index contributed by atoms with van der Waals surface area (Å²) in [6, 6.07) is 15.7. The van der Waals surface area contributed by atoms with E-state index in [0.29, 0.717) is 12.1 Å². The molecule has 3 rings (SSSR count). The van der Waals surface area contributed by atoms with Crippen molar-refractivity contribution in [2.45, 2.75) is 16.3 Å². The zero-order valence-electron chi connectivity index (χ0n) is 11.2. The van der Waals surface area contributed by atoms with Gasteiger partial charge in [0, 0.05) is 16.0 Å². The number of anilines is 1. The molecule has 2 N–H and O–H groups in total. The lowest BCUT2D eigenvalue weighted by atomic mass is 10.1. The number of benzene rings is 2. The van der Waals surface area contributed by atoms with Crippen LogP contribution in [0.3, 0.4) is 0 Å². The van der Waals surface area contributed by atoms with Crippen LogP contribution in [-0.4, -0.2) is 9.97 Å². The van der Waals surface area contributed by atoms with Gasteiger partial charge >= 0.3 is 0 Å². The summed E-state index contributed by atoms with van der Waals surface area (Å²) in [4.78, 5) is 9.63. The summed E-state index contributed by atoms with van der Waals surface area (Å²) in [5, 5.41) is 10.7. The van der Waals surface area contributed by atoms with E-state index in [9.17, 15) is 0 Å². The molecular weight excluding hydrogens is 280 g/mol. The molecule has 0 spiro atoms. The van der Waals surface area contributed by atoms with Crippen molar-refractivity contribution < 1.29 is 0 Å². The lowest BCUT2D eigenvalue weighted by Gasteiger charge is -2.07. The molecule has 0 saturated carbocycles. The molecule has 0 saturated heterocycles. The minimum Gasteiger partial charge on any atom is -0.398 e. The third kappa shape index (κ3) is 2.81. The van der Waals surface area contributed by atoms with Crippen LogP contribution in [0.5, 0.6) is 0 Å². The maximum Gasteiger partial charge on any atom is 0.117 e. The molecule has 0 unspecified atom stereocenters. The molecule has 4 nitrogen and oxygen atoms in total. The number of nitriles is 1. The fraction of sp³-hybridized carbons (Fsp3) is 0.0625. The normalized spacial score (nSPS) is 10.4. The summed E-state index contributed by atoms with van der Waals surface area (Å²) in [7, 11) is 0. The van der Waals surface area contributed by atoms with E-state index < -0.39 is 0 Å².